The maximum absolute atomic E-state index is 4.39. The molecule has 0 radical (unpaired) electrons. The van der Waals surface area contributed by atoms with Gasteiger partial charge in [0.15, 0.2) is 0 Å². The van der Waals surface area contributed by atoms with E-state index in [0.29, 0.717) is 0 Å². The van der Waals surface area contributed by atoms with Crippen LogP contribution in [-0.2, 0) is 0 Å². The van der Waals surface area contributed by atoms with Crippen LogP contribution in [0.15, 0.2) is 0 Å². The Morgan fingerprint density at radius 3 is 2.12 bits per heavy atom. The van der Waals surface area contributed by atoms with Gasteiger partial charge in [0.2, 0.25) is 0 Å². The Kier molecular flexibility index (Phi) is 3.62. The van der Waals surface area contributed by atoms with Crippen molar-refractivity contribution in [2.75, 3.05) is 0 Å². The van der Waals surface area contributed by atoms with Gasteiger partial charge in [-0.3, -0.25) is 0 Å². The molecule has 0 spiro atoms. The average molecular weight is 130 g/mol. The summed E-state index contributed by atoms with van der Waals surface area (Å²) in [5.41, 5.74) is 0. The molecule has 0 saturated heterocycles. The molecule has 0 aliphatic rings. The molecule has 0 N–H and O–H groups in total. The normalized spacial score (nSPS) is 11.9. The summed E-state index contributed by atoms with van der Waals surface area (Å²) in [6.07, 6.45) is 3.81. The highest BCUT2D eigenvalue weighted by Crippen LogP contribution is 2.19. The minimum atomic E-state index is 0.246. The van der Waals surface area contributed by atoms with Crippen LogP contribution in [-0.4, -0.2) is 12.6 Å². The van der Waals surface area contributed by atoms with Gasteiger partial charge in [0.05, 0.1) is 0 Å². The van der Waals surface area contributed by atoms with Crippen molar-refractivity contribution in [3.05, 3.63) is 0 Å². The lowest BCUT2D eigenvalue weighted by atomic mass is 9.96. The van der Waals surface area contributed by atoms with Gasteiger partial charge in [-0.25, -0.2) is 0 Å². The second-order valence-corrected chi connectivity index (χ2v) is 4.13. The summed E-state index contributed by atoms with van der Waals surface area (Å²) in [4.78, 5) is 0. The Morgan fingerprint density at radius 1 is 1.50 bits per heavy atom. The molecule has 0 fully saturated rings. The van der Waals surface area contributed by atoms with E-state index in [0.717, 1.165) is 0 Å². The molecule has 0 aliphatic carbocycles. The van der Waals surface area contributed by atoms with Gasteiger partial charge >= 0.3 is 0 Å². The molecule has 0 bridgehead atoms. The maximum Gasteiger partial charge on any atom is 0.101 e. The average Bonchev–Trinajstić information content (AvgIpc) is 1.59. The first-order valence-electron chi connectivity index (χ1n) is 3.28. The summed E-state index contributed by atoms with van der Waals surface area (Å²) in [5, 5.41) is 0. The van der Waals surface area contributed by atoms with Gasteiger partial charge in [-0.15, -0.1) is 0 Å². The molecule has 48 valence electrons. The van der Waals surface area contributed by atoms with Crippen LogP contribution < -0.4 is 0 Å². The van der Waals surface area contributed by atoms with E-state index in [1.54, 1.807) is 0 Å². The molecule has 0 rings (SSSR count). The van der Waals surface area contributed by atoms with Crippen molar-refractivity contribution < 1.29 is 0 Å². The van der Waals surface area contributed by atoms with E-state index in [2.05, 4.69) is 34.3 Å². The number of hydrogen-bond donors (Lipinski definition) is 1. The zero-order valence-corrected chi connectivity index (χ0v) is 6.96. The lowest BCUT2D eigenvalue weighted by molar-refractivity contribution is 0.632. The highest BCUT2D eigenvalue weighted by atomic mass is 32.1. The molecule has 0 aromatic rings. The minimum absolute atomic E-state index is 0.246. The van der Waals surface area contributed by atoms with Gasteiger partial charge in [-0.1, -0.05) is 26.6 Å². The van der Waals surface area contributed by atoms with Crippen molar-refractivity contribution in [1.29, 1.82) is 0 Å². The van der Waals surface area contributed by atoms with Crippen molar-refractivity contribution in [1.82, 2.24) is 0 Å². The first-order valence-corrected chi connectivity index (χ1v) is 3.73. The zero-order chi connectivity index (χ0) is 6.62. The fraction of sp³-hybridized carbons (Fsp3) is 1.00. The molecular weight excluding hydrogens is 115 g/mol. The predicted octanol–water partition coefficient (Wildman–Crippen LogP) is 1.53. The Labute approximate surface area is 58.9 Å². The summed E-state index contributed by atoms with van der Waals surface area (Å²) >= 11 is 4.39. The van der Waals surface area contributed by atoms with Gasteiger partial charge in [0.25, 0.3) is 0 Å². The molecular formula is C6H15BS. The number of thiol groups is 1. The highest BCUT2D eigenvalue weighted by Gasteiger charge is 2.08. The Balaban J connectivity index is 3.11. The molecule has 0 unspecified atom stereocenters. The van der Waals surface area contributed by atoms with Crippen LogP contribution in [0.4, 0.5) is 0 Å². The fourth-order valence-electron chi connectivity index (χ4n) is 0.609. The smallest absolute Gasteiger partial charge is 0.101 e. The topological polar surface area (TPSA) is 0 Å². The van der Waals surface area contributed by atoms with E-state index in [1.807, 2.05) is 0 Å². The SMILES string of the molecule is BCCCC(C)(C)S. The molecule has 0 aromatic heterocycles. The van der Waals surface area contributed by atoms with Crippen LogP contribution >= 0.6 is 12.6 Å². The summed E-state index contributed by atoms with van der Waals surface area (Å²) < 4.78 is 0.246. The van der Waals surface area contributed by atoms with Gasteiger partial charge in [-0.05, 0) is 6.42 Å². The third kappa shape index (κ3) is 6.41. The zero-order valence-electron chi connectivity index (χ0n) is 6.07. The van der Waals surface area contributed by atoms with Crippen LogP contribution in [0.25, 0.3) is 0 Å². The van der Waals surface area contributed by atoms with Crippen LogP contribution in [0, 0.1) is 0 Å². The van der Waals surface area contributed by atoms with E-state index in [9.17, 15) is 0 Å². The van der Waals surface area contributed by atoms with Crippen molar-refractivity contribution >= 4 is 20.5 Å². The summed E-state index contributed by atoms with van der Waals surface area (Å²) in [7, 11) is 2.21. The maximum atomic E-state index is 4.39. The van der Waals surface area contributed by atoms with Gasteiger partial charge in [-0.2, -0.15) is 12.6 Å². The summed E-state index contributed by atoms with van der Waals surface area (Å²) in [5.74, 6) is 0. The van der Waals surface area contributed by atoms with Crippen molar-refractivity contribution in [2.45, 2.75) is 37.8 Å². The first-order chi connectivity index (χ1) is 3.56. The third-order valence-corrected chi connectivity index (χ3v) is 1.37. The second-order valence-electron chi connectivity index (χ2n) is 2.92. The predicted molar refractivity (Wildman–Crippen MR) is 45.7 cm³/mol. The van der Waals surface area contributed by atoms with Crippen molar-refractivity contribution in [2.24, 2.45) is 0 Å². The molecule has 0 aliphatic heterocycles. The fourth-order valence-corrected chi connectivity index (χ4v) is 0.768. The van der Waals surface area contributed by atoms with E-state index in [4.69, 9.17) is 0 Å². The lowest BCUT2D eigenvalue weighted by Crippen LogP contribution is -2.08. The Bertz CT molecular complexity index is 56.0. The molecule has 0 nitrogen and oxygen atoms in total. The quantitative estimate of drug-likeness (QED) is 0.434. The highest BCUT2D eigenvalue weighted by molar-refractivity contribution is 7.81. The third-order valence-electron chi connectivity index (χ3n) is 1.14. The molecule has 2 heteroatoms. The minimum Gasteiger partial charge on any atom is -0.173 e. The molecule has 0 atom stereocenters. The van der Waals surface area contributed by atoms with Crippen LogP contribution in [0.2, 0.25) is 6.32 Å². The monoisotopic (exact) mass is 130 g/mol. The number of rotatable bonds is 3. The van der Waals surface area contributed by atoms with E-state index in [1.165, 1.54) is 19.2 Å². The Morgan fingerprint density at radius 2 is 2.00 bits per heavy atom. The van der Waals surface area contributed by atoms with Crippen molar-refractivity contribution in [3.63, 3.8) is 0 Å². The standard InChI is InChI=1S/C6H15BS/c1-6(2,8)4-3-5-7/h8H,3-5,7H2,1-2H3. The lowest BCUT2D eigenvalue weighted by Gasteiger charge is -2.15. The molecule has 0 aromatic carbocycles. The largest absolute Gasteiger partial charge is 0.173 e. The van der Waals surface area contributed by atoms with Gasteiger partial charge < -0.3 is 0 Å². The van der Waals surface area contributed by atoms with Crippen molar-refractivity contribution in [3.8, 4) is 0 Å². The molecule has 0 amide bonds. The first kappa shape index (κ1) is 8.41. The summed E-state index contributed by atoms with van der Waals surface area (Å²) in [6, 6.07) is 0. The second kappa shape index (κ2) is 3.44. The molecule has 8 heavy (non-hydrogen) atoms. The summed E-state index contributed by atoms with van der Waals surface area (Å²) in [6.45, 7) is 4.32. The molecule has 0 saturated carbocycles. The van der Waals surface area contributed by atoms with Gasteiger partial charge in [0.1, 0.15) is 7.85 Å². The Hall–Kier alpha value is 0.415. The molecule has 0 heterocycles. The van der Waals surface area contributed by atoms with E-state index < -0.39 is 0 Å². The van der Waals surface area contributed by atoms with Gasteiger partial charge in [0, 0.05) is 4.75 Å². The van der Waals surface area contributed by atoms with E-state index in [-0.39, 0.29) is 4.75 Å². The van der Waals surface area contributed by atoms with E-state index >= 15 is 0 Å². The van der Waals surface area contributed by atoms with Crippen LogP contribution in [0.1, 0.15) is 26.7 Å². The number of hydrogen-bond acceptors (Lipinski definition) is 1. The van der Waals surface area contributed by atoms with Crippen LogP contribution in [0.3, 0.4) is 0 Å². The van der Waals surface area contributed by atoms with Crippen LogP contribution in [0.5, 0.6) is 0 Å².